The van der Waals surface area contributed by atoms with Crippen molar-refractivity contribution in [2.75, 3.05) is 5.32 Å². The van der Waals surface area contributed by atoms with Gasteiger partial charge in [0.25, 0.3) is 5.91 Å². The summed E-state index contributed by atoms with van der Waals surface area (Å²) in [5, 5.41) is 4.03. The molecule has 22 heavy (non-hydrogen) atoms. The second-order valence-corrected chi connectivity index (χ2v) is 5.58. The molecule has 3 aromatic rings. The second kappa shape index (κ2) is 4.91. The van der Waals surface area contributed by atoms with Gasteiger partial charge in [-0.05, 0) is 24.6 Å². The van der Waals surface area contributed by atoms with Gasteiger partial charge >= 0.3 is 0 Å². The van der Waals surface area contributed by atoms with E-state index >= 15 is 0 Å². The van der Waals surface area contributed by atoms with Crippen LogP contribution in [0, 0.1) is 6.92 Å². The van der Waals surface area contributed by atoms with Crippen LogP contribution in [-0.4, -0.2) is 17.0 Å². The van der Waals surface area contributed by atoms with Gasteiger partial charge in [0, 0.05) is 23.0 Å². The molecule has 1 aliphatic rings. The minimum atomic E-state index is -0.467. The maximum atomic E-state index is 12.5. The number of anilines is 1. The van der Waals surface area contributed by atoms with Crippen LogP contribution in [-0.2, 0) is 11.2 Å². The number of H-pyrrole nitrogens is 1. The third kappa shape index (κ3) is 2.04. The summed E-state index contributed by atoms with van der Waals surface area (Å²) in [5.74, 6) is 0.697. The van der Waals surface area contributed by atoms with Crippen molar-refractivity contribution in [3.63, 3.8) is 0 Å². The van der Waals surface area contributed by atoms with Crippen LogP contribution in [0.4, 0.5) is 5.69 Å². The number of amides is 1. The Labute approximate surface area is 128 Å². The number of ether oxygens (including phenoxy) is 1. The lowest BCUT2D eigenvalue weighted by Crippen LogP contribution is -2.31. The first-order chi connectivity index (χ1) is 10.7. The van der Waals surface area contributed by atoms with E-state index in [4.69, 9.17) is 4.74 Å². The van der Waals surface area contributed by atoms with Crippen LogP contribution >= 0.6 is 0 Å². The van der Waals surface area contributed by atoms with Crippen molar-refractivity contribution in [3.8, 4) is 5.75 Å². The number of hydrogen-bond donors (Lipinski definition) is 2. The Hall–Kier alpha value is -2.75. The lowest BCUT2D eigenvalue weighted by Gasteiger charge is -2.11. The van der Waals surface area contributed by atoms with Crippen molar-refractivity contribution in [3.05, 3.63) is 59.8 Å². The number of carbonyl (C=O) groups excluding carboxylic acids is 1. The van der Waals surface area contributed by atoms with Gasteiger partial charge in [0.1, 0.15) is 5.75 Å². The van der Waals surface area contributed by atoms with E-state index in [1.165, 1.54) is 0 Å². The van der Waals surface area contributed by atoms with Crippen molar-refractivity contribution >= 4 is 22.5 Å². The molecule has 2 heterocycles. The number of aromatic nitrogens is 1. The van der Waals surface area contributed by atoms with Crippen LogP contribution in [0.25, 0.3) is 10.9 Å². The SMILES string of the molecule is Cc1[nH]c2ccccc2c1NC(=O)C1Cc2ccccc2O1. The predicted molar refractivity (Wildman–Crippen MR) is 86.2 cm³/mol. The number of benzene rings is 2. The van der Waals surface area contributed by atoms with Crippen LogP contribution in [0.5, 0.6) is 5.75 Å². The van der Waals surface area contributed by atoms with Gasteiger partial charge in [0.15, 0.2) is 6.10 Å². The van der Waals surface area contributed by atoms with Crippen LogP contribution < -0.4 is 10.1 Å². The molecule has 2 N–H and O–H groups in total. The molecule has 2 aromatic carbocycles. The van der Waals surface area contributed by atoms with E-state index in [2.05, 4.69) is 10.3 Å². The number of aromatic amines is 1. The Kier molecular flexibility index (Phi) is 2.89. The summed E-state index contributed by atoms with van der Waals surface area (Å²) < 4.78 is 5.75. The summed E-state index contributed by atoms with van der Waals surface area (Å²) in [5.41, 5.74) is 3.88. The van der Waals surface area contributed by atoms with Crippen molar-refractivity contribution in [1.82, 2.24) is 4.98 Å². The molecule has 0 bridgehead atoms. The Morgan fingerprint density at radius 3 is 2.82 bits per heavy atom. The van der Waals surface area contributed by atoms with E-state index in [1.54, 1.807) is 0 Å². The summed E-state index contributed by atoms with van der Waals surface area (Å²) in [7, 11) is 0. The quantitative estimate of drug-likeness (QED) is 0.760. The van der Waals surface area contributed by atoms with Crippen molar-refractivity contribution in [1.29, 1.82) is 0 Å². The van der Waals surface area contributed by atoms with Gasteiger partial charge < -0.3 is 15.0 Å². The highest BCUT2D eigenvalue weighted by Crippen LogP contribution is 2.31. The van der Waals surface area contributed by atoms with E-state index in [0.29, 0.717) is 6.42 Å². The van der Waals surface area contributed by atoms with Gasteiger partial charge in [0.2, 0.25) is 0 Å². The molecule has 4 heteroatoms. The van der Waals surface area contributed by atoms with Crippen LogP contribution in [0.1, 0.15) is 11.3 Å². The molecule has 0 spiro atoms. The summed E-state index contributed by atoms with van der Waals surface area (Å²) in [6.07, 6.45) is 0.147. The average molecular weight is 292 g/mol. The van der Waals surface area contributed by atoms with Gasteiger partial charge in [-0.2, -0.15) is 0 Å². The Bertz CT molecular complexity index is 841. The fourth-order valence-electron chi connectivity index (χ4n) is 2.97. The normalized spacial score (nSPS) is 16.3. The minimum absolute atomic E-state index is 0.107. The third-order valence-corrected chi connectivity index (χ3v) is 4.08. The van der Waals surface area contributed by atoms with Gasteiger partial charge in [-0.3, -0.25) is 4.79 Å². The molecule has 4 nitrogen and oxygen atoms in total. The number of rotatable bonds is 2. The summed E-state index contributed by atoms with van der Waals surface area (Å²) in [6, 6.07) is 15.7. The fraction of sp³-hybridized carbons (Fsp3) is 0.167. The number of hydrogen-bond acceptors (Lipinski definition) is 2. The Balaban J connectivity index is 1.59. The largest absolute Gasteiger partial charge is 0.480 e. The molecule has 4 rings (SSSR count). The molecule has 0 saturated carbocycles. The van der Waals surface area contributed by atoms with Crippen LogP contribution in [0.15, 0.2) is 48.5 Å². The zero-order valence-corrected chi connectivity index (χ0v) is 12.2. The first kappa shape index (κ1) is 13.0. The Morgan fingerprint density at radius 1 is 1.18 bits per heavy atom. The van der Waals surface area contributed by atoms with E-state index in [-0.39, 0.29) is 5.91 Å². The van der Waals surface area contributed by atoms with Crippen molar-refractivity contribution in [2.24, 2.45) is 0 Å². The molecule has 0 fully saturated rings. The van der Waals surface area contributed by atoms with Crippen LogP contribution in [0.2, 0.25) is 0 Å². The predicted octanol–water partition coefficient (Wildman–Crippen LogP) is 3.42. The molecular formula is C18H16N2O2. The number of nitrogens with one attached hydrogen (secondary N) is 2. The maximum absolute atomic E-state index is 12.5. The lowest BCUT2D eigenvalue weighted by atomic mass is 10.1. The highest BCUT2D eigenvalue weighted by molar-refractivity contribution is 6.04. The summed E-state index contributed by atoms with van der Waals surface area (Å²) in [6.45, 7) is 1.96. The molecule has 110 valence electrons. The van der Waals surface area contributed by atoms with E-state index in [9.17, 15) is 4.79 Å². The van der Waals surface area contributed by atoms with Gasteiger partial charge in [-0.15, -0.1) is 0 Å². The maximum Gasteiger partial charge on any atom is 0.265 e. The molecule has 1 amide bonds. The van der Waals surface area contributed by atoms with E-state index in [0.717, 1.165) is 33.6 Å². The zero-order chi connectivity index (χ0) is 15.1. The molecule has 1 atom stereocenters. The van der Waals surface area contributed by atoms with Crippen molar-refractivity contribution in [2.45, 2.75) is 19.4 Å². The van der Waals surface area contributed by atoms with E-state index in [1.807, 2.05) is 55.5 Å². The van der Waals surface area contributed by atoms with Gasteiger partial charge in [0.05, 0.1) is 5.69 Å². The molecular weight excluding hydrogens is 276 g/mol. The number of fused-ring (bicyclic) bond motifs is 2. The summed E-state index contributed by atoms with van der Waals surface area (Å²) in [4.78, 5) is 15.8. The molecule has 1 aliphatic heterocycles. The van der Waals surface area contributed by atoms with Crippen LogP contribution in [0.3, 0.4) is 0 Å². The highest BCUT2D eigenvalue weighted by atomic mass is 16.5. The van der Waals surface area contributed by atoms with Gasteiger partial charge in [-0.25, -0.2) is 0 Å². The zero-order valence-electron chi connectivity index (χ0n) is 12.2. The lowest BCUT2D eigenvalue weighted by molar-refractivity contribution is -0.122. The second-order valence-electron chi connectivity index (χ2n) is 5.58. The molecule has 0 aliphatic carbocycles. The standard InChI is InChI=1S/C18H16N2O2/c1-11-17(13-7-3-4-8-14(13)19-11)20-18(21)16-10-12-6-2-5-9-15(12)22-16/h2-9,16,19H,10H2,1H3,(H,20,21). The number of aryl methyl sites for hydroxylation is 1. The summed E-state index contributed by atoms with van der Waals surface area (Å²) >= 11 is 0. The Morgan fingerprint density at radius 2 is 1.95 bits per heavy atom. The molecule has 0 radical (unpaired) electrons. The average Bonchev–Trinajstić information content (AvgIpc) is 3.09. The smallest absolute Gasteiger partial charge is 0.265 e. The highest BCUT2D eigenvalue weighted by Gasteiger charge is 2.29. The van der Waals surface area contributed by atoms with Gasteiger partial charge in [-0.1, -0.05) is 36.4 Å². The number of para-hydroxylation sites is 2. The topological polar surface area (TPSA) is 54.1 Å². The van der Waals surface area contributed by atoms with Crippen molar-refractivity contribution < 1.29 is 9.53 Å². The minimum Gasteiger partial charge on any atom is -0.480 e. The first-order valence-corrected chi connectivity index (χ1v) is 7.35. The number of carbonyl (C=O) groups is 1. The van der Waals surface area contributed by atoms with E-state index < -0.39 is 6.10 Å². The molecule has 1 unspecified atom stereocenters. The monoisotopic (exact) mass is 292 g/mol. The first-order valence-electron chi connectivity index (χ1n) is 7.35. The third-order valence-electron chi connectivity index (χ3n) is 4.08. The molecule has 1 aromatic heterocycles. The molecule has 0 saturated heterocycles. The fourth-order valence-corrected chi connectivity index (χ4v) is 2.97.